The van der Waals surface area contributed by atoms with Gasteiger partial charge in [0.1, 0.15) is 5.75 Å². The van der Waals surface area contributed by atoms with Crippen LogP contribution in [0.4, 0.5) is 0 Å². The highest BCUT2D eigenvalue weighted by Gasteiger charge is 2.07. The number of carbonyl (C=O) groups excluding carboxylic acids is 1. The van der Waals surface area contributed by atoms with Crippen molar-refractivity contribution < 1.29 is 9.53 Å². The number of thiazole rings is 1. The van der Waals surface area contributed by atoms with E-state index in [1.807, 2.05) is 43.7 Å². The number of ether oxygens (including phenoxy) is 1. The second-order valence-electron chi connectivity index (χ2n) is 5.86. The van der Waals surface area contributed by atoms with Gasteiger partial charge in [0.2, 0.25) is 5.91 Å². The lowest BCUT2D eigenvalue weighted by atomic mass is 10.2. The number of benzene rings is 1. The van der Waals surface area contributed by atoms with Crippen LogP contribution in [0.15, 0.2) is 29.6 Å². The fourth-order valence-electron chi connectivity index (χ4n) is 2.25. The summed E-state index contributed by atoms with van der Waals surface area (Å²) in [4.78, 5) is 18.6. The Balaban J connectivity index is 1.77. The highest BCUT2D eigenvalue weighted by atomic mass is 32.1. The zero-order valence-corrected chi connectivity index (χ0v) is 15.4. The molecule has 0 bridgehead atoms. The SMILES string of the molecule is COc1ccc(-c2csc(CCC(=O)NCCCN(C)C)n2)cc1. The Morgan fingerprint density at radius 3 is 2.71 bits per heavy atom. The van der Waals surface area contributed by atoms with Gasteiger partial charge in [-0.2, -0.15) is 0 Å². The average Bonchev–Trinajstić information content (AvgIpc) is 3.06. The molecule has 0 unspecified atom stereocenters. The van der Waals surface area contributed by atoms with Crippen molar-refractivity contribution >= 4 is 17.2 Å². The van der Waals surface area contributed by atoms with Crippen molar-refractivity contribution in [3.05, 3.63) is 34.7 Å². The van der Waals surface area contributed by atoms with E-state index < -0.39 is 0 Å². The van der Waals surface area contributed by atoms with Crippen LogP contribution in [-0.2, 0) is 11.2 Å². The van der Waals surface area contributed by atoms with E-state index in [-0.39, 0.29) is 5.91 Å². The molecule has 0 spiro atoms. The number of nitrogens with zero attached hydrogens (tertiary/aromatic N) is 2. The van der Waals surface area contributed by atoms with Crippen LogP contribution in [0, 0.1) is 0 Å². The maximum absolute atomic E-state index is 11.8. The third kappa shape index (κ3) is 5.94. The van der Waals surface area contributed by atoms with Gasteiger partial charge in [-0.15, -0.1) is 11.3 Å². The van der Waals surface area contributed by atoms with Crippen molar-refractivity contribution in [1.82, 2.24) is 15.2 Å². The molecular formula is C18H25N3O2S. The first-order chi connectivity index (χ1) is 11.6. The molecule has 0 fully saturated rings. The predicted molar refractivity (Wildman–Crippen MR) is 98.6 cm³/mol. The number of aromatic nitrogens is 1. The number of amides is 1. The zero-order chi connectivity index (χ0) is 17.4. The Morgan fingerprint density at radius 2 is 2.04 bits per heavy atom. The van der Waals surface area contributed by atoms with E-state index in [1.54, 1.807) is 18.4 Å². The van der Waals surface area contributed by atoms with E-state index in [9.17, 15) is 4.79 Å². The highest BCUT2D eigenvalue weighted by Crippen LogP contribution is 2.24. The van der Waals surface area contributed by atoms with Gasteiger partial charge in [0.25, 0.3) is 0 Å². The molecule has 1 amide bonds. The second kappa shape index (κ2) is 9.39. The zero-order valence-electron chi connectivity index (χ0n) is 14.5. The van der Waals surface area contributed by atoms with Gasteiger partial charge in [0.05, 0.1) is 17.8 Å². The molecule has 5 nitrogen and oxygen atoms in total. The number of hydrogen-bond acceptors (Lipinski definition) is 5. The molecule has 1 heterocycles. The molecular weight excluding hydrogens is 322 g/mol. The van der Waals surface area contributed by atoms with Crippen LogP contribution in [0.1, 0.15) is 17.8 Å². The molecule has 0 atom stereocenters. The summed E-state index contributed by atoms with van der Waals surface area (Å²) in [5.74, 6) is 0.926. The fourth-order valence-corrected chi connectivity index (χ4v) is 3.06. The van der Waals surface area contributed by atoms with Crippen LogP contribution in [0.5, 0.6) is 5.75 Å². The number of hydrogen-bond donors (Lipinski definition) is 1. The average molecular weight is 347 g/mol. The molecule has 0 aliphatic carbocycles. The molecule has 1 aromatic heterocycles. The second-order valence-corrected chi connectivity index (χ2v) is 6.80. The maximum atomic E-state index is 11.8. The molecule has 1 aromatic carbocycles. The summed E-state index contributed by atoms with van der Waals surface area (Å²) in [5.41, 5.74) is 2.01. The number of nitrogens with one attached hydrogen (secondary N) is 1. The van der Waals surface area contributed by atoms with Crippen molar-refractivity contribution in [2.45, 2.75) is 19.3 Å². The molecule has 0 saturated carbocycles. The smallest absolute Gasteiger partial charge is 0.220 e. The third-order valence-electron chi connectivity index (χ3n) is 3.61. The molecule has 0 saturated heterocycles. The standard InChI is InChI=1S/C18H25N3O2S/c1-21(2)12-4-11-19-17(22)9-10-18-20-16(13-24-18)14-5-7-15(23-3)8-6-14/h5-8,13H,4,9-12H2,1-3H3,(H,19,22). The molecule has 130 valence electrons. The fraction of sp³-hybridized carbons (Fsp3) is 0.444. The summed E-state index contributed by atoms with van der Waals surface area (Å²) in [6.45, 7) is 1.71. The molecule has 0 radical (unpaired) electrons. The van der Waals surface area contributed by atoms with E-state index in [4.69, 9.17) is 4.74 Å². The summed E-state index contributed by atoms with van der Waals surface area (Å²) in [5, 5.41) is 5.98. The van der Waals surface area contributed by atoms with Crippen molar-refractivity contribution in [2.24, 2.45) is 0 Å². The Kier molecular flexibility index (Phi) is 7.21. The summed E-state index contributed by atoms with van der Waals surface area (Å²) >= 11 is 1.60. The Labute approximate surface area is 147 Å². The summed E-state index contributed by atoms with van der Waals surface area (Å²) in [6.07, 6.45) is 2.13. The van der Waals surface area contributed by atoms with Crippen LogP contribution in [-0.4, -0.2) is 50.1 Å². The minimum absolute atomic E-state index is 0.0925. The Hall–Kier alpha value is -1.92. The summed E-state index contributed by atoms with van der Waals surface area (Å²) in [7, 11) is 5.72. The first-order valence-corrected chi connectivity index (χ1v) is 8.96. The van der Waals surface area contributed by atoms with Crippen molar-refractivity contribution in [2.75, 3.05) is 34.3 Å². The van der Waals surface area contributed by atoms with E-state index in [2.05, 4.69) is 15.2 Å². The predicted octanol–water partition coefficient (Wildman–Crippen LogP) is 2.82. The van der Waals surface area contributed by atoms with Gasteiger partial charge in [-0.3, -0.25) is 4.79 Å². The number of aryl methyl sites for hydroxylation is 1. The van der Waals surface area contributed by atoms with E-state index in [0.717, 1.165) is 41.5 Å². The van der Waals surface area contributed by atoms with Crippen molar-refractivity contribution in [1.29, 1.82) is 0 Å². The van der Waals surface area contributed by atoms with Crippen LogP contribution < -0.4 is 10.1 Å². The number of carbonyl (C=O) groups is 1. The molecule has 0 aliphatic rings. The maximum Gasteiger partial charge on any atom is 0.220 e. The number of rotatable bonds is 9. The van der Waals surface area contributed by atoms with Crippen molar-refractivity contribution in [3.63, 3.8) is 0 Å². The first-order valence-electron chi connectivity index (χ1n) is 8.08. The van der Waals surface area contributed by atoms with Gasteiger partial charge >= 0.3 is 0 Å². The molecule has 2 aromatic rings. The number of methoxy groups -OCH3 is 1. The van der Waals surface area contributed by atoms with Gasteiger partial charge in [-0.25, -0.2) is 4.98 Å². The largest absolute Gasteiger partial charge is 0.497 e. The molecule has 0 aliphatic heterocycles. The minimum Gasteiger partial charge on any atom is -0.497 e. The molecule has 6 heteroatoms. The van der Waals surface area contributed by atoms with E-state index in [0.29, 0.717) is 12.8 Å². The van der Waals surface area contributed by atoms with Crippen LogP contribution >= 0.6 is 11.3 Å². The summed E-state index contributed by atoms with van der Waals surface area (Å²) in [6, 6.07) is 7.84. The topological polar surface area (TPSA) is 54.5 Å². The van der Waals surface area contributed by atoms with Crippen LogP contribution in [0.25, 0.3) is 11.3 Å². The Morgan fingerprint density at radius 1 is 1.29 bits per heavy atom. The minimum atomic E-state index is 0.0925. The Bertz CT molecular complexity index is 638. The van der Waals surface area contributed by atoms with Gasteiger partial charge in [-0.05, 0) is 51.3 Å². The lowest BCUT2D eigenvalue weighted by Gasteiger charge is -2.09. The third-order valence-corrected chi connectivity index (χ3v) is 4.52. The normalized spacial score (nSPS) is 10.8. The van der Waals surface area contributed by atoms with E-state index >= 15 is 0 Å². The quantitative estimate of drug-likeness (QED) is 0.709. The van der Waals surface area contributed by atoms with Crippen LogP contribution in [0.3, 0.4) is 0 Å². The van der Waals surface area contributed by atoms with Crippen LogP contribution in [0.2, 0.25) is 0 Å². The summed E-state index contributed by atoms with van der Waals surface area (Å²) < 4.78 is 5.16. The monoisotopic (exact) mass is 347 g/mol. The molecule has 24 heavy (non-hydrogen) atoms. The first kappa shape index (κ1) is 18.4. The van der Waals surface area contributed by atoms with Gasteiger partial charge in [0.15, 0.2) is 0 Å². The molecule has 1 N–H and O–H groups in total. The highest BCUT2D eigenvalue weighted by molar-refractivity contribution is 7.09. The van der Waals surface area contributed by atoms with Gasteiger partial charge in [-0.1, -0.05) is 0 Å². The van der Waals surface area contributed by atoms with E-state index in [1.165, 1.54) is 0 Å². The van der Waals surface area contributed by atoms with Gasteiger partial charge in [0, 0.05) is 30.3 Å². The lowest BCUT2D eigenvalue weighted by molar-refractivity contribution is -0.121. The van der Waals surface area contributed by atoms with Gasteiger partial charge < -0.3 is 15.0 Å². The lowest BCUT2D eigenvalue weighted by Crippen LogP contribution is -2.27. The molecule has 2 rings (SSSR count). The van der Waals surface area contributed by atoms with Crippen molar-refractivity contribution in [3.8, 4) is 17.0 Å².